The van der Waals surface area contributed by atoms with E-state index in [1.165, 1.54) is 12.1 Å². The van der Waals surface area contributed by atoms with Crippen molar-refractivity contribution in [3.63, 3.8) is 0 Å². The number of benzene rings is 1. The third kappa shape index (κ3) is 5.26. The minimum Gasteiger partial charge on any atom is -0.481 e. The Morgan fingerprint density at radius 1 is 1.19 bits per heavy atom. The number of nitrogens with two attached hydrogens (primary N) is 1. The molecule has 0 saturated carbocycles. The summed E-state index contributed by atoms with van der Waals surface area (Å²) in [5, 5.41) is 20.5. The van der Waals surface area contributed by atoms with E-state index in [2.05, 4.69) is 20.3 Å². The van der Waals surface area contributed by atoms with Crippen LogP contribution in [0.2, 0.25) is 0 Å². The van der Waals surface area contributed by atoms with E-state index < -0.39 is 29.4 Å². The molecule has 11 nitrogen and oxygen atoms in total. The number of rotatable bonds is 9. The van der Waals surface area contributed by atoms with Crippen LogP contribution in [0.5, 0.6) is 0 Å². The molecule has 0 fully saturated rings. The fourth-order valence-corrected chi connectivity index (χ4v) is 3.10. The summed E-state index contributed by atoms with van der Waals surface area (Å²) in [5.74, 6) is -3.14. The Morgan fingerprint density at radius 2 is 1.90 bits per heavy atom. The van der Waals surface area contributed by atoms with E-state index in [1.807, 2.05) is 0 Å². The van der Waals surface area contributed by atoms with Crippen LogP contribution >= 0.6 is 0 Å². The van der Waals surface area contributed by atoms with Gasteiger partial charge in [-0.05, 0) is 42.5 Å². The van der Waals surface area contributed by atoms with Gasteiger partial charge in [0.2, 0.25) is 5.95 Å². The number of aryl methyl sites for hydroxylation is 2. The Hall–Kier alpha value is -4.15. The molecule has 162 valence electrons. The van der Waals surface area contributed by atoms with Crippen LogP contribution in [0.4, 0.5) is 5.95 Å². The number of nitrogens with zero attached hydrogens (tertiary/aromatic N) is 1. The van der Waals surface area contributed by atoms with Gasteiger partial charge in [0, 0.05) is 18.2 Å². The summed E-state index contributed by atoms with van der Waals surface area (Å²) in [6.45, 7) is 0. The number of hydrogen-bond acceptors (Lipinski definition) is 6. The summed E-state index contributed by atoms with van der Waals surface area (Å²) in [7, 11) is 0. The highest BCUT2D eigenvalue weighted by Crippen LogP contribution is 2.16. The number of carbonyl (C=O) groups is 3. The number of carboxylic acids is 2. The molecule has 1 amide bonds. The van der Waals surface area contributed by atoms with Gasteiger partial charge in [-0.25, -0.2) is 4.79 Å². The number of H-pyrrole nitrogens is 2. The van der Waals surface area contributed by atoms with Gasteiger partial charge in [0.15, 0.2) is 0 Å². The number of hydrogen-bond donors (Lipinski definition) is 6. The van der Waals surface area contributed by atoms with Crippen molar-refractivity contribution >= 4 is 34.8 Å². The lowest BCUT2D eigenvalue weighted by atomic mass is 10.0. The van der Waals surface area contributed by atoms with Gasteiger partial charge in [0.05, 0.1) is 6.76 Å². The van der Waals surface area contributed by atoms with Crippen molar-refractivity contribution in [3.8, 4) is 0 Å². The molecule has 0 aliphatic carbocycles. The summed E-state index contributed by atoms with van der Waals surface area (Å²) in [4.78, 5) is 55.5. The molecule has 3 rings (SSSR count). The monoisotopic (exact) mass is 428 g/mol. The van der Waals surface area contributed by atoms with E-state index in [9.17, 15) is 19.2 Å². The van der Waals surface area contributed by atoms with Crippen LogP contribution in [-0.4, -0.2) is 49.1 Å². The third-order valence-corrected chi connectivity index (χ3v) is 4.70. The molecule has 1 atom stereocenters. The Labute approximate surface area is 176 Å². The molecule has 1 aromatic carbocycles. The number of carboxylic acid groups (broad SMARTS) is 2. The number of fused-ring (bicyclic) bond motifs is 1. The third-order valence-electron chi connectivity index (χ3n) is 4.70. The molecule has 7 N–H and O–H groups in total. The highest BCUT2D eigenvalue weighted by molar-refractivity contribution is 5.96. The van der Waals surface area contributed by atoms with E-state index in [0.717, 1.165) is 5.56 Å². The zero-order valence-corrected chi connectivity index (χ0v) is 16.3. The molecule has 0 aliphatic heterocycles. The predicted molar refractivity (Wildman–Crippen MR) is 111 cm³/mol. The normalized spacial score (nSPS) is 12.3. The molecular weight excluding hydrogens is 406 g/mol. The average molecular weight is 428 g/mol. The van der Waals surface area contributed by atoms with Crippen LogP contribution < -0.4 is 16.6 Å². The number of aromatic nitrogens is 3. The number of carbonyl (C=O) groups excluding carboxylic acids is 1. The first-order chi connectivity index (χ1) is 15.2. The van der Waals surface area contributed by atoms with Crippen LogP contribution in [-0.2, 0) is 22.4 Å². The van der Waals surface area contributed by atoms with Crippen LogP contribution in [0.3, 0.4) is 0 Å². The molecule has 0 bridgehead atoms. The number of nitrogens with one attached hydrogen (secondary N) is 3. The Balaban J connectivity index is 1.67. The summed E-state index contributed by atoms with van der Waals surface area (Å²) in [6.07, 6.45) is 0.304. The average Bonchev–Trinajstić information content (AvgIpc) is 3.04. The second-order valence-corrected chi connectivity index (χ2v) is 6.90. The lowest BCUT2D eigenvalue weighted by Gasteiger charge is -2.13. The lowest BCUT2D eigenvalue weighted by Crippen LogP contribution is -2.41. The lowest BCUT2D eigenvalue weighted by molar-refractivity contribution is -0.140. The van der Waals surface area contributed by atoms with Crippen molar-refractivity contribution in [1.29, 1.82) is 0 Å². The Morgan fingerprint density at radius 3 is 2.55 bits per heavy atom. The van der Waals surface area contributed by atoms with Gasteiger partial charge in [0.1, 0.15) is 11.7 Å². The molecule has 0 saturated heterocycles. The van der Waals surface area contributed by atoms with Crippen LogP contribution in [0, 0.1) is 0 Å². The number of nitrogen functional groups attached to an aromatic ring is 1. The molecule has 0 unspecified atom stereocenters. The van der Waals surface area contributed by atoms with Crippen LogP contribution in [0.15, 0.2) is 35.2 Å². The van der Waals surface area contributed by atoms with Gasteiger partial charge in [-0.15, -0.1) is 0 Å². The molecule has 2 aromatic heterocycles. The van der Waals surface area contributed by atoms with E-state index in [1.54, 1.807) is 12.1 Å². The van der Waals surface area contributed by atoms with Crippen LogP contribution in [0.1, 0.15) is 35.7 Å². The smallest absolute Gasteiger partial charge is 0.326 e. The van der Waals surface area contributed by atoms with Gasteiger partial charge in [-0.2, -0.15) is 4.98 Å². The number of amides is 1. The molecule has 3 aromatic rings. The SMILES string of the molecule is [2H]c1[nH]c2nc(N)[nH]c(=O)c2c1CCc1ccc(C(=O)N[C@@H](CCC(=O)O)C(=O)O)cc1. The Kier molecular flexibility index (Phi) is 5.92. The summed E-state index contributed by atoms with van der Waals surface area (Å²) in [5.41, 5.74) is 6.89. The largest absolute Gasteiger partial charge is 0.481 e. The van der Waals surface area contributed by atoms with Gasteiger partial charge >= 0.3 is 11.9 Å². The summed E-state index contributed by atoms with van der Waals surface area (Å²) >= 11 is 0. The number of aromatic amines is 2. The minimum atomic E-state index is -1.31. The minimum absolute atomic E-state index is 0.0442. The molecule has 0 spiro atoms. The van der Waals surface area contributed by atoms with Crippen molar-refractivity contribution in [2.24, 2.45) is 0 Å². The van der Waals surface area contributed by atoms with Gasteiger partial charge in [0.25, 0.3) is 11.5 Å². The maximum atomic E-state index is 12.3. The molecule has 2 heterocycles. The summed E-state index contributed by atoms with van der Waals surface area (Å²) in [6, 6.07) is 5.09. The molecular formula is C20H21N5O6. The standard InChI is InChI=1S/C20H21N5O6/c21-20-24-16-15(18(29)25-20)12(9-22-16)6-3-10-1-4-11(5-2-10)17(28)23-13(19(30)31)7-8-14(26)27/h1-2,4-5,9,13H,3,6-8H2,(H,23,28)(H,26,27)(H,30,31)(H4,21,22,24,25,29)/t13-/m0/s1/i9D. The van der Waals surface area contributed by atoms with E-state index in [4.69, 9.17) is 17.3 Å². The first-order valence-electron chi connectivity index (χ1n) is 9.87. The first-order valence-corrected chi connectivity index (χ1v) is 9.37. The maximum absolute atomic E-state index is 12.3. The molecule has 31 heavy (non-hydrogen) atoms. The highest BCUT2D eigenvalue weighted by atomic mass is 16.4. The van der Waals surface area contributed by atoms with E-state index in [-0.39, 0.29) is 41.6 Å². The highest BCUT2D eigenvalue weighted by Gasteiger charge is 2.21. The number of anilines is 1. The van der Waals surface area contributed by atoms with Crippen molar-refractivity contribution in [3.05, 3.63) is 57.5 Å². The summed E-state index contributed by atoms with van der Waals surface area (Å²) < 4.78 is 8.06. The van der Waals surface area contributed by atoms with Gasteiger partial charge < -0.3 is 26.2 Å². The van der Waals surface area contributed by atoms with Crippen molar-refractivity contribution in [1.82, 2.24) is 20.3 Å². The van der Waals surface area contributed by atoms with Crippen molar-refractivity contribution < 1.29 is 26.0 Å². The topological polar surface area (TPSA) is 191 Å². The van der Waals surface area contributed by atoms with E-state index >= 15 is 0 Å². The molecule has 0 radical (unpaired) electrons. The fourth-order valence-electron chi connectivity index (χ4n) is 3.10. The number of aliphatic carboxylic acids is 2. The van der Waals surface area contributed by atoms with Crippen molar-refractivity contribution in [2.75, 3.05) is 5.73 Å². The zero-order valence-electron chi connectivity index (χ0n) is 17.3. The fraction of sp³-hybridized carbons (Fsp3) is 0.250. The van der Waals surface area contributed by atoms with Gasteiger partial charge in [-0.3, -0.25) is 19.4 Å². The second kappa shape index (κ2) is 9.11. The predicted octanol–water partition coefficient (Wildman–Crippen LogP) is 0.666. The zero-order chi connectivity index (χ0) is 23.4. The molecule has 0 aliphatic rings. The van der Waals surface area contributed by atoms with E-state index in [0.29, 0.717) is 18.4 Å². The quantitative estimate of drug-likeness (QED) is 0.286. The van der Waals surface area contributed by atoms with Crippen LogP contribution in [0.25, 0.3) is 11.0 Å². The second-order valence-electron chi connectivity index (χ2n) is 6.90. The first kappa shape index (κ1) is 20.1. The maximum Gasteiger partial charge on any atom is 0.326 e. The molecule has 11 heteroatoms. The van der Waals surface area contributed by atoms with Crippen molar-refractivity contribution in [2.45, 2.75) is 31.7 Å². The Bertz CT molecular complexity index is 1230. The van der Waals surface area contributed by atoms with Gasteiger partial charge in [-0.1, -0.05) is 12.1 Å².